The zero-order valence-electron chi connectivity index (χ0n) is 33.7. The molecule has 1 saturated heterocycles. The van der Waals surface area contributed by atoms with Gasteiger partial charge in [-0.1, -0.05) is 72.1 Å². The quantitative estimate of drug-likeness (QED) is 0.181. The van der Waals surface area contributed by atoms with Gasteiger partial charge in [-0.15, -0.1) is 0 Å². The summed E-state index contributed by atoms with van der Waals surface area (Å²) >= 11 is 0. The average molecular weight is 774 g/mol. The van der Waals surface area contributed by atoms with Crippen LogP contribution in [0.15, 0.2) is 0 Å². The molecule has 5 atom stereocenters. The molecule has 0 aromatic heterocycles. The lowest BCUT2D eigenvalue weighted by Gasteiger charge is -2.49. The molecule has 5 unspecified atom stereocenters. The van der Waals surface area contributed by atoms with Gasteiger partial charge in [0.2, 0.25) is 17.6 Å². The zero-order chi connectivity index (χ0) is 39.3. The number of nitrogens with zero attached hydrogens (tertiary/aromatic N) is 1. The molecule has 5 amide bonds. The van der Waals surface area contributed by atoms with Crippen LogP contribution in [0.3, 0.4) is 0 Å². The van der Waals surface area contributed by atoms with Crippen LogP contribution in [0.4, 0.5) is 4.79 Å². The van der Waals surface area contributed by atoms with E-state index in [1.54, 1.807) is 25.7 Å². The van der Waals surface area contributed by atoms with Gasteiger partial charge in [0.15, 0.2) is 9.84 Å². The summed E-state index contributed by atoms with van der Waals surface area (Å²) in [7, 11) is -3.57. The normalized spacial score (nSPS) is 28.4. The number of carbonyl (C=O) groups excluding carboxylic acids is 5. The van der Waals surface area contributed by atoms with Crippen molar-refractivity contribution in [3.8, 4) is 0 Å². The highest BCUT2D eigenvalue weighted by molar-refractivity contribution is 7.92. The summed E-state index contributed by atoms with van der Waals surface area (Å²) in [6.07, 6.45) is 13.8. The first-order chi connectivity index (χ1) is 25.2. The maximum atomic E-state index is 15.1. The molecular weight excluding hydrogens is 707 g/mol. The van der Waals surface area contributed by atoms with E-state index in [1.807, 2.05) is 6.92 Å². The Morgan fingerprint density at radius 2 is 1.44 bits per heavy atom. The lowest BCUT2D eigenvalue weighted by Crippen LogP contribution is -2.65. The summed E-state index contributed by atoms with van der Waals surface area (Å²) in [6, 6.07) is -3.30. The van der Waals surface area contributed by atoms with Gasteiger partial charge in [-0.2, -0.15) is 0 Å². The highest BCUT2D eigenvalue weighted by Crippen LogP contribution is 2.57. The highest BCUT2D eigenvalue weighted by atomic mass is 32.2. The summed E-state index contributed by atoms with van der Waals surface area (Å²) in [6.45, 7) is 11.7. The number of hydrogen-bond acceptors (Lipinski definition) is 7. The van der Waals surface area contributed by atoms with Crippen LogP contribution in [0.25, 0.3) is 0 Å². The number of ketones is 1. The number of urea groups is 1. The topological polar surface area (TPSA) is 171 Å². The first-order valence-corrected chi connectivity index (χ1v) is 22.7. The SMILES string of the molecule is CC1(C)CC2CN(C(=O)C(NC(=O)NC3(CS(=O)(=O)C(C)(C)C)CCCCC3)C3(C)CCCCC3)C(C(=O)NC(CCC3CC3)C(=O)C(=O)NC3CC3)C21. The number of likely N-dealkylation sites (tertiary alicyclic amines) is 1. The molecule has 12 nitrogen and oxygen atoms in total. The Morgan fingerprint density at radius 3 is 2.00 bits per heavy atom. The van der Waals surface area contributed by atoms with Gasteiger partial charge in [-0.3, -0.25) is 19.2 Å². The second kappa shape index (κ2) is 15.3. The van der Waals surface area contributed by atoms with Crippen LogP contribution >= 0.6 is 0 Å². The van der Waals surface area contributed by atoms with Gasteiger partial charge < -0.3 is 26.2 Å². The number of rotatable bonds is 14. The van der Waals surface area contributed by atoms with E-state index in [0.29, 0.717) is 31.7 Å². The van der Waals surface area contributed by atoms with Gasteiger partial charge in [-0.25, -0.2) is 13.2 Å². The molecule has 13 heteroatoms. The van der Waals surface area contributed by atoms with Crippen LogP contribution in [0.5, 0.6) is 0 Å². The lowest BCUT2D eigenvalue weighted by atomic mass is 9.55. The largest absolute Gasteiger partial charge is 0.347 e. The molecule has 1 aliphatic heterocycles. The van der Waals surface area contributed by atoms with E-state index in [2.05, 4.69) is 35.1 Å². The van der Waals surface area contributed by atoms with Crippen molar-refractivity contribution in [2.45, 2.75) is 185 Å². The fourth-order valence-corrected chi connectivity index (χ4v) is 11.7. The Bertz CT molecular complexity index is 1570. The Kier molecular flexibility index (Phi) is 11.6. The van der Waals surface area contributed by atoms with E-state index in [0.717, 1.165) is 89.9 Å². The molecule has 6 rings (SSSR count). The number of amides is 5. The Morgan fingerprint density at radius 1 is 0.833 bits per heavy atom. The van der Waals surface area contributed by atoms with Gasteiger partial charge in [0.1, 0.15) is 12.1 Å². The van der Waals surface area contributed by atoms with Crippen LogP contribution in [0.2, 0.25) is 0 Å². The summed E-state index contributed by atoms with van der Waals surface area (Å²) < 4.78 is 26.0. The van der Waals surface area contributed by atoms with Gasteiger partial charge in [0, 0.05) is 12.6 Å². The van der Waals surface area contributed by atoms with E-state index in [4.69, 9.17) is 0 Å². The fourth-order valence-electron chi connectivity index (χ4n) is 10.2. The molecule has 0 radical (unpaired) electrons. The predicted molar refractivity (Wildman–Crippen MR) is 207 cm³/mol. The molecule has 5 aliphatic carbocycles. The van der Waals surface area contributed by atoms with Crippen molar-refractivity contribution in [1.82, 2.24) is 26.2 Å². The Balaban J connectivity index is 1.25. The predicted octanol–water partition coefficient (Wildman–Crippen LogP) is 4.94. The maximum Gasteiger partial charge on any atom is 0.315 e. The third-order valence-electron chi connectivity index (χ3n) is 14.0. The van der Waals surface area contributed by atoms with Crippen molar-refractivity contribution in [1.29, 1.82) is 0 Å². The highest BCUT2D eigenvalue weighted by Gasteiger charge is 2.62. The van der Waals surface area contributed by atoms with Crippen molar-refractivity contribution >= 4 is 39.4 Å². The Hall–Kier alpha value is -2.70. The van der Waals surface area contributed by atoms with Gasteiger partial charge >= 0.3 is 6.03 Å². The molecule has 1 heterocycles. The average Bonchev–Trinajstić information content (AvgIpc) is 4.03. The third kappa shape index (κ3) is 8.96. The minimum Gasteiger partial charge on any atom is -0.347 e. The standard InChI is InChI=1S/C41H67N5O7S/c1-38(2,3)54(52,53)25-41(21-11-8-12-22-41)45-37(51)44-33(40(6)19-9-7-10-20-40)36(50)46-24-27-23-39(4,5)30(27)31(46)34(48)43-29(18-15-26-13-14-26)32(47)35(49)42-28-16-17-28/h26-31,33H,7-25H2,1-6H3,(H,42,49)(H,43,48)(H2,44,45,51). The van der Waals surface area contributed by atoms with E-state index in [-0.39, 0.29) is 35.0 Å². The second-order valence-electron chi connectivity index (χ2n) is 20.1. The number of hydrogen-bond donors (Lipinski definition) is 4. The molecule has 5 saturated carbocycles. The van der Waals surface area contributed by atoms with Crippen LogP contribution < -0.4 is 21.3 Å². The first kappa shape index (κ1) is 40.9. The Labute approximate surface area is 323 Å². The van der Waals surface area contributed by atoms with Crippen LogP contribution in [0, 0.1) is 28.6 Å². The minimum absolute atomic E-state index is 0.0133. The summed E-state index contributed by atoms with van der Waals surface area (Å²) in [5, 5.41) is 12.0. The third-order valence-corrected chi connectivity index (χ3v) is 16.8. The molecule has 6 fully saturated rings. The fraction of sp³-hybridized carbons (Fsp3) is 0.878. The number of carbonyl (C=O) groups is 5. The summed E-state index contributed by atoms with van der Waals surface area (Å²) in [4.78, 5) is 71.9. The van der Waals surface area contributed by atoms with Crippen molar-refractivity contribution in [3.05, 3.63) is 0 Å². The number of sulfone groups is 1. The monoisotopic (exact) mass is 773 g/mol. The summed E-state index contributed by atoms with van der Waals surface area (Å²) in [5.41, 5.74) is -1.74. The van der Waals surface area contributed by atoms with Crippen molar-refractivity contribution < 1.29 is 32.4 Å². The molecule has 0 aromatic carbocycles. The maximum absolute atomic E-state index is 15.1. The second-order valence-corrected chi connectivity index (χ2v) is 22.8. The van der Waals surface area contributed by atoms with Gasteiger partial charge in [0.05, 0.1) is 22.1 Å². The smallest absolute Gasteiger partial charge is 0.315 e. The van der Waals surface area contributed by atoms with Crippen molar-refractivity contribution in [3.63, 3.8) is 0 Å². The molecule has 0 bridgehead atoms. The molecule has 0 aromatic rings. The van der Waals surface area contributed by atoms with E-state index in [1.165, 1.54) is 0 Å². The molecular formula is C41H67N5O7S. The molecule has 54 heavy (non-hydrogen) atoms. The van der Waals surface area contributed by atoms with Crippen molar-refractivity contribution in [2.24, 2.45) is 28.6 Å². The van der Waals surface area contributed by atoms with Crippen LogP contribution in [-0.2, 0) is 29.0 Å². The first-order valence-electron chi connectivity index (χ1n) is 21.0. The minimum atomic E-state index is -3.57. The number of nitrogens with one attached hydrogen (secondary N) is 4. The van der Waals surface area contributed by atoms with E-state index >= 15 is 4.79 Å². The number of Topliss-reactive ketones (excluding diaryl/α,β-unsaturated/α-hetero) is 1. The van der Waals surface area contributed by atoms with E-state index in [9.17, 15) is 27.6 Å². The van der Waals surface area contributed by atoms with Gasteiger partial charge in [-0.05, 0) is 107 Å². The van der Waals surface area contributed by atoms with Crippen LogP contribution in [-0.4, -0.2) is 89.6 Å². The van der Waals surface area contributed by atoms with E-state index < -0.39 is 67.3 Å². The molecule has 304 valence electrons. The lowest BCUT2D eigenvalue weighted by molar-refractivity contribution is -0.146. The summed E-state index contributed by atoms with van der Waals surface area (Å²) in [5.74, 6) is -1.73. The zero-order valence-corrected chi connectivity index (χ0v) is 34.5. The molecule has 4 N–H and O–H groups in total. The number of fused-ring (bicyclic) bond motifs is 1. The van der Waals surface area contributed by atoms with Crippen molar-refractivity contribution in [2.75, 3.05) is 12.3 Å². The van der Waals surface area contributed by atoms with Gasteiger partial charge in [0.25, 0.3) is 5.91 Å². The van der Waals surface area contributed by atoms with Crippen LogP contribution in [0.1, 0.15) is 151 Å². The molecule has 0 spiro atoms. The molecule has 6 aliphatic rings.